The van der Waals surface area contributed by atoms with Gasteiger partial charge in [0, 0.05) is 19.3 Å². The molecule has 5 nitrogen and oxygen atoms in total. The van der Waals surface area contributed by atoms with Gasteiger partial charge < -0.3 is 10.1 Å². The van der Waals surface area contributed by atoms with E-state index in [2.05, 4.69) is 16.5 Å². The minimum Gasteiger partial charge on any atom is -0.378 e. The summed E-state index contributed by atoms with van der Waals surface area (Å²) >= 11 is 0. The molecule has 2 heterocycles. The van der Waals surface area contributed by atoms with E-state index in [1.807, 2.05) is 41.3 Å². The number of hydrogen-bond donors (Lipinski definition) is 1. The Kier molecular flexibility index (Phi) is 4.17. The zero-order valence-electron chi connectivity index (χ0n) is 11.8. The van der Waals surface area contributed by atoms with Gasteiger partial charge in [-0.25, -0.2) is 0 Å². The molecule has 1 unspecified atom stereocenters. The third-order valence-electron chi connectivity index (χ3n) is 3.67. The second-order valence-electron chi connectivity index (χ2n) is 5.21. The molecule has 0 aliphatic carbocycles. The molecule has 1 aliphatic rings. The molecule has 1 aromatic heterocycles. The van der Waals surface area contributed by atoms with Crippen molar-refractivity contribution in [3.05, 3.63) is 47.8 Å². The van der Waals surface area contributed by atoms with Gasteiger partial charge in [-0.2, -0.15) is 10.4 Å². The van der Waals surface area contributed by atoms with Gasteiger partial charge >= 0.3 is 0 Å². The van der Waals surface area contributed by atoms with Gasteiger partial charge in [0.25, 0.3) is 0 Å². The Labute approximate surface area is 124 Å². The van der Waals surface area contributed by atoms with Crippen molar-refractivity contribution < 1.29 is 4.74 Å². The summed E-state index contributed by atoms with van der Waals surface area (Å²) in [5.41, 5.74) is 2.66. The van der Waals surface area contributed by atoms with Gasteiger partial charge in [0.05, 0.1) is 36.2 Å². The quantitative estimate of drug-likeness (QED) is 0.915. The number of benzene rings is 1. The van der Waals surface area contributed by atoms with E-state index in [-0.39, 0.29) is 6.10 Å². The summed E-state index contributed by atoms with van der Waals surface area (Å²) in [5.74, 6) is 0. The van der Waals surface area contributed by atoms with Crippen LogP contribution >= 0.6 is 0 Å². The fraction of sp³-hybridized carbons (Fsp3) is 0.375. The SMILES string of the molecule is N#Cc1ccccc1CNc1cnn(CC2CCCO2)c1. The summed E-state index contributed by atoms with van der Waals surface area (Å²) in [6.45, 7) is 2.29. The van der Waals surface area contributed by atoms with Gasteiger partial charge in [0.15, 0.2) is 0 Å². The van der Waals surface area contributed by atoms with Crippen LogP contribution < -0.4 is 5.32 Å². The van der Waals surface area contributed by atoms with Crippen molar-refractivity contribution in [2.24, 2.45) is 0 Å². The van der Waals surface area contributed by atoms with E-state index >= 15 is 0 Å². The number of aromatic nitrogens is 2. The maximum Gasteiger partial charge on any atom is 0.0995 e. The van der Waals surface area contributed by atoms with E-state index in [1.165, 1.54) is 0 Å². The van der Waals surface area contributed by atoms with Crippen molar-refractivity contribution in [2.45, 2.75) is 32.0 Å². The molecule has 5 heteroatoms. The first-order valence-electron chi connectivity index (χ1n) is 7.21. The molecule has 1 aliphatic heterocycles. The molecule has 21 heavy (non-hydrogen) atoms. The number of nitrogens with zero attached hydrogens (tertiary/aromatic N) is 3. The number of nitrogens with one attached hydrogen (secondary N) is 1. The number of anilines is 1. The number of nitriles is 1. The summed E-state index contributed by atoms with van der Waals surface area (Å²) in [5, 5.41) is 16.7. The van der Waals surface area contributed by atoms with Crippen molar-refractivity contribution >= 4 is 5.69 Å². The van der Waals surface area contributed by atoms with Crippen LogP contribution in [0.3, 0.4) is 0 Å². The minimum absolute atomic E-state index is 0.289. The topological polar surface area (TPSA) is 62.9 Å². The summed E-state index contributed by atoms with van der Waals surface area (Å²) in [7, 11) is 0. The van der Waals surface area contributed by atoms with Gasteiger partial charge in [-0.05, 0) is 24.5 Å². The van der Waals surface area contributed by atoms with Crippen molar-refractivity contribution in [3.8, 4) is 6.07 Å². The molecule has 3 rings (SSSR count). The molecule has 0 bridgehead atoms. The third-order valence-corrected chi connectivity index (χ3v) is 3.67. The Morgan fingerprint density at radius 1 is 1.43 bits per heavy atom. The summed E-state index contributed by atoms with van der Waals surface area (Å²) in [6.07, 6.45) is 6.33. The second kappa shape index (κ2) is 6.42. The van der Waals surface area contributed by atoms with Crippen LogP contribution in [0.2, 0.25) is 0 Å². The first kappa shape index (κ1) is 13.7. The maximum atomic E-state index is 9.07. The Bertz CT molecular complexity index is 638. The van der Waals surface area contributed by atoms with Gasteiger partial charge in [-0.3, -0.25) is 4.68 Å². The number of hydrogen-bond acceptors (Lipinski definition) is 4. The fourth-order valence-corrected chi connectivity index (χ4v) is 2.53. The molecule has 2 aromatic rings. The Morgan fingerprint density at radius 2 is 2.33 bits per heavy atom. The lowest BCUT2D eigenvalue weighted by Crippen LogP contribution is -2.15. The van der Waals surface area contributed by atoms with Crippen LogP contribution in [0, 0.1) is 11.3 Å². The van der Waals surface area contributed by atoms with Crippen LogP contribution in [0.4, 0.5) is 5.69 Å². The normalized spacial score (nSPS) is 17.6. The van der Waals surface area contributed by atoms with E-state index in [4.69, 9.17) is 10.00 Å². The Morgan fingerprint density at radius 3 is 3.14 bits per heavy atom. The van der Waals surface area contributed by atoms with Crippen LogP contribution in [0.5, 0.6) is 0 Å². The first-order chi connectivity index (χ1) is 10.3. The maximum absolute atomic E-state index is 9.07. The first-order valence-corrected chi connectivity index (χ1v) is 7.21. The van der Waals surface area contributed by atoms with Crippen LogP contribution in [-0.2, 0) is 17.8 Å². The van der Waals surface area contributed by atoms with Crippen LogP contribution in [0.25, 0.3) is 0 Å². The van der Waals surface area contributed by atoms with Gasteiger partial charge in [-0.1, -0.05) is 18.2 Å². The number of rotatable bonds is 5. The lowest BCUT2D eigenvalue weighted by Gasteiger charge is -2.08. The fourth-order valence-electron chi connectivity index (χ4n) is 2.53. The van der Waals surface area contributed by atoms with Gasteiger partial charge in [0.2, 0.25) is 0 Å². The predicted octanol–water partition coefficient (Wildman–Crippen LogP) is 2.55. The van der Waals surface area contributed by atoms with E-state index < -0.39 is 0 Å². The highest BCUT2D eigenvalue weighted by Gasteiger charge is 2.16. The summed E-state index contributed by atoms with van der Waals surface area (Å²) < 4.78 is 7.52. The zero-order valence-corrected chi connectivity index (χ0v) is 11.8. The molecule has 0 radical (unpaired) electrons. The molecule has 1 fully saturated rings. The van der Waals surface area contributed by atoms with Gasteiger partial charge in [0.1, 0.15) is 0 Å². The minimum atomic E-state index is 0.289. The summed E-state index contributed by atoms with van der Waals surface area (Å²) in [6, 6.07) is 9.82. The monoisotopic (exact) mass is 282 g/mol. The third kappa shape index (κ3) is 3.41. The highest BCUT2D eigenvalue weighted by atomic mass is 16.5. The molecular formula is C16H18N4O. The van der Waals surface area contributed by atoms with Gasteiger partial charge in [-0.15, -0.1) is 0 Å². The van der Waals surface area contributed by atoms with E-state index in [0.717, 1.165) is 37.2 Å². The second-order valence-corrected chi connectivity index (χ2v) is 5.21. The van der Waals surface area contributed by atoms with Crippen molar-refractivity contribution in [1.29, 1.82) is 5.26 Å². The standard InChI is InChI=1S/C16H18N4O/c17-8-13-4-1-2-5-14(13)9-18-15-10-19-20(11-15)12-16-6-3-7-21-16/h1-2,4-5,10-11,16,18H,3,6-7,9,12H2. The van der Waals surface area contributed by atoms with E-state index in [9.17, 15) is 0 Å². The molecule has 0 saturated carbocycles. The lowest BCUT2D eigenvalue weighted by atomic mass is 10.1. The highest BCUT2D eigenvalue weighted by Crippen LogP contribution is 2.16. The van der Waals surface area contributed by atoms with Crippen molar-refractivity contribution in [1.82, 2.24) is 9.78 Å². The van der Waals surface area contributed by atoms with Crippen LogP contribution in [0.1, 0.15) is 24.0 Å². The van der Waals surface area contributed by atoms with Crippen molar-refractivity contribution in [3.63, 3.8) is 0 Å². The Balaban J connectivity index is 1.58. The average Bonchev–Trinajstić information content (AvgIpc) is 3.18. The average molecular weight is 282 g/mol. The largest absolute Gasteiger partial charge is 0.378 e. The lowest BCUT2D eigenvalue weighted by molar-refractivity contribution is 0.0940. The molecule has 0 spiro atoms. The molecule has 0 amide bonds. The van der Waals surface area contributed by atoms with Crippen LogP contribution in [-0.4, -0.2) is 22.5 Å². The molecule has 1 atom stereocenters. The van der Waals surface area contributed by atoms with Crippen molar-refractivity contribution in [2.75, 3.05) is 11.9 Å². The smallest absolute Gasteiger partial charge is 0.0995 e. The molecule has 1 N–H and O–H groups in total. The van der Waals surface area contributed by atoms with E-state index in [1.54, 1.807) is 0 Å². The molecule has 108 valence electrons. The Hall–Kier alpha value is -2.32. The molecule has 1 saturated heterocycles. The van der Waals surface area contributed by atoms with E-state index in [0.29, 0.717) is 12.1 Å². The molecule has 1 aromatic carbocycles. The summed E-state index contributed by atoms with van der Waals surface area (Å²) in [4.78, 5) is 0. The zero-order chi connectivity index (χ0) is 14.5. The predicted molar refractivity (Wildman–Crippen MR) is 79.7 cm³/mol. The highest BCUT2D eigenvalue weighted by molar-refractivity contribution is 5.43. The van der Waals surface area contributed by atoms with Crippen LogP contribution in [0.15, 0.2) is 36.7 Å². The molecular weight excluding hydrogens is 264 g/mol. The number of ether oxygens (including phenoxy) is 1.